The average Bonchev–Trinajstić information content (AvgIpc) is 2.73. The molecule has 0 fully saturated rings. The smallest absolute Gasteiger partial charge is 0.254 e. The van der Waals surface area contributed by atoms with Crippen molar-refractivity contribution < 1.29 is 4.79 Å². The number of pyridine rings is 1. The molecule has 4 heteroatoms. The van der Waals surface area contributed by atoms with Gasteiger partial charge in [-0.3, -0.25) is 9.78 Å². The van der Waals surface area contributed by atoms with Crippen molar-refractivity contribution in [2.45, 2.75) is 19.5 Å². The molecular weight excluding hydrogens is 322 g/mol. The lowest BCUT2D eigenvalue weighted by Crippen LogP contribution is -2.36. The highest BCUT2D eigenvalue weighted by atomic mass is 16.2. The summed E-state index contributed by atoms with van der Waals surface area (Å²) in [4.78, 5) is 19.3. The lowest BCUT2D eigenvalue weighted by molar-refractivity contribution is 0.0732. The van der Waals surface area contributed by atoms with Crippen LogP contribution in [0.5, 0.6) is 0 Å². The number of carbonyl (C=O) groups is 1. The second-order valence-electron chi connectivity index (χ2n) is 6.57. The van der Waals surface area contributed by atoms with Crippen LogP contribution in [0.15, 0.2) is 66.9 Å². The molecule has 0 atom stereocenters. The summed E-state index contributed by atoms with van der Waals surface area (Å²) in [6.07, 6.45) is 2.64. The van der Waals surface area contributed by atoms with Gasteiger partial charge in [-0.25, -0.2) is 0 Å². The van der Waals surface area contributed by atoms with Crippen LogP contribution < -0.4 is 5.73 Å². The summed E-state index contributed by atoms with van der Waals surface area (Å²) in [7, 11) is 0. The molecule has 1 aromatic heterocycles. The molecule has 1 aliphatic rings. The Bertz CT molecular complexity index is 951. The number of fused-ring (bicyclic) bond motifs is 1. The van der Waals surface area contributed by atoms with Crippen LogP contribution in [0.25, 0.3) is 11.1 Å². The predicted octanol–water partition coefficient (Wildman–Crippen LogP) is 3.41. The van der Waals surface area contributed by atoms with Gasteiger partial charge in [0.05, 0.1) is 12.2 Å². The third-order valence-electron chi connectivity index (χ3n) is 4.87. The summed E-state index contributed by atoms with van der Waals surface area (Å²) < 4.78 is 0. The quantitative estimate of drug-likeness (QED) is 0.793. The number of carbonyl (C=O) groups excluding carboxylic acids is 1. The van der Waals surface area contributed by atoms with Gasteiger partial charge in [-0.1, -0.05) is 36.4 Å². The Morgan fingerprint density at radius 2 is 1.85 bits per heavy atom. The summed E-state index contributed by atoms with van der Waals surface area (Å²) in [6, 6.07) is 20.0. The predicted molar refractivity (Wildman–Crippen MR) is 102 cm³/mol. The summed E-state index contributed by atoms with van der Waals surface area (Å²) in [5.41, 5.74) is 11.9. The van der Waals surface area contributed by atoms with Gasteiger partial charge >= 0.3 is 0 Å². The first-order chi connectivity index (χ1) is 12.7. The number of amides is 1. The van der Waals surface area contributed by atoms with E-state index in [0.29, 0.717) is 18.7 Å². The fraction of sp³-hybridized carbons (Fsp3) is 0.182. The lowest BCUT2D eigenvalue weighted by atomic mass is 9.99. The maximum absolute atomic E-state index is 13.0. The molecule has 3 aromatic rings. The van der Waals surface area contributed by atoms with Gasteiger partial charge in [0, 0.05) is 24.8 Å². The van der Waals surface area contributed by atoms with Crippen molar-refractivity contribution >= 4 is 5.91 Å². The zero-order valence-corrected chi connectivity index (χ0v) is 14.6. The van der Waals surface area contributed by atoms with Crippen LogP contribution in [-0.2, 0) is 19.5 Å². The number of hydrogen-bond acceptors (Lipinski definition) is 3. The van der Waals surface area contributed by atoms with Crippen LogP contribution in [0.1, 0.15) is 27.2 Å². The second kappa shape index (κ2) is 7.10. The highest BCUT2D eigenvalue weighted by molar-refractivity contribution is 5.95. The minimum absolute atomic E-state index is 0.0538. The van der Waals surface area contributed by atoms with E-state index in [-0.39, 0.29) is 5.91 Å². The minimum atomic E-state index is 0.0538. The standard InChI is InChI=1S/C22H21N3O/c23-14-16-4-1-5-18(12-16)19-6-2-7-20(13-19)22(26)25-11-9-17-8-3-10-24-21(17)15-25/h1-8,10,12-13H,9,11,14-15,23H2. The highest BCUT2D eigenvalue weighted by Gasteiger charge is 2.22. The zero-order chi connectivity index (χ0) is 17.9. The van der Waals surface area contributed by atoms with Gasteiger partial charge in [-0.2, -0.15) is 0 Å². The van der Waals surface area contributed by atoms with Crippen molar-refractivity contribution in [3.8, 4) is 11.1 Å². The molecule has 2 N–H and O–H groups in total. The molecule has 0 unspecified atom stereocenters. The van der Waals surface area contributed by atoms with E-state index in [1.54, 1.807) is 6.20 Å². The SMILES string of the molecule is NCc1cccc(-c2cccc(C(=O)N3CCc4cccnc4C3)c2)c1. The Balaban J connectivity index is 1.59. The van der Waals surface area contributed by atoms with E-state index in [1.807, 2.05) is 53.4 Å². The van der Waals surface area contributed by atoms with E-state index >= 15 is 0 Å². The fourth-order valence-corrected chi connectivity index (χ4v) is 3.42. The number of aromatic nitrogens is 1. The molecule has 0 radical (unpaired) electrons. The lowest BCUT2D eigenvalue weighted by Gasteiger charge is -2.28. The van der Waals surface area contributed by atoms with Crippen molar-refractivity contribution in [2.75, 3.05) is 6.54 Å². The summed E-state index contributed by atoms with van der Waals surface area (Å²) in [6.45, 7) is 1.80. The Morgan fingerprint density at radius 1 is 1.04 bits per heavy atom. The summed E-state index contributed by atoms with van der Waals surface area (Å²) >= 11 is 0. The van der Waals surface area contributed by atoms with Crippen LogP contribution in [0.4, 0.5) is 0 Å². The van der Waals surface area contributed by atoms with E-state index in [0.717, 1.165) is 35.3 Å². The van der Waals surface area contributed by atoms with E-state index in [1.165, 1.54) is 5.56 Å². The Hall–Kier alpha value is -2.98. The Labute approximate surface area is 153 Å². The Morgan fingerprint density at radius 3 is 2.69 bits per heavy atom. The largest absolute Gasteiger partial charge is 0.332 e. The topological polar surface area (TPSA) is 59.2 Å². The average molecular weight is 343 g/mol. The molecule has 0 saturated heterocycles. The normalized spacial score (nSPS) is 13.3. The fourth-order valence-electron chi connectivity index (χ4n) is 3.42. The molecule has 4 nitrogen and oxygen atoms in total. The molecule has 1 aliphatic heterocycles. The van der Waals surface area contributed by atoms with Crippen molar-refractivity contribution in [1.82, 2.24) is 9.88 Å². The van der Waals surface area contributed by atoms with Gasteiger partial charge in [0.25, 0.3) is 5.91 Å². The second-order valence-corrected chi connectivity index (χ2v) is 6.57. The zero-order valence-electron chi connectivity index (χ0n) is 14.6. The first kappa shape index (κ1) is 16.5. The highest BCUT2D eigenvalue weighted by Crippen LogP contribution is 2.24. The van der Waals surface area contributed by atoms with Crippen molar-refractivity contribution in [1.29, 1.82) is 0 Å². The van der Waals surface area contributed by atoms with Crippen molar-refractivity contribution in [3.05, 3.63) is 89.2 Å². The van der Waals surface area contributed by atoms with Crippen LogP contribution in [0, 0.1) is 0 Å². The van der Waals surface area contributed by atoms with E-state index < -0.39 is 0 Å². The van der Waals surface area contributed by atoms with Crippen molar-refractivity contribution in [2.24, 2.45) is 5.73 Å². The molecule has 4 rings (SSSR count). The number of nitrogens with zero attached hydrogens (tertiary/aromatic N) is 2. The molecule has 0 saturated carbocycles. The molecule has 0 bridgehead atoms. The van der Waals surface area contributed by atoms with Crippen LogP contribution in [0.3, 0.4) is 0 Å². The van der Waals surface area contributed by atoms with Gasteiger partial charge in [-0.05, 0) is 52.9 Å². The van der Waals surface area contributed by atoms with E-state index in [4.69, 9.17) is 5.73 Å². The molecule has 1 amide bonds. The van der Waals surface area contributed by atoms with Crippen LogP contribution >= 0.6 is 0 Å². The number of hydrogen-bond donors (Lipinski definition) is 1. The van der Waals surface area contributed by atoms with Gasteiger partial charge in [0.1, 0.15) is 0 Å². The van der Waals surface area contributed by atoms with E-state index in [9.17, 15) is 4.79 Å². The molecule has 26 heavy (non-hydrogen) atoms. The molecule has 2 aromatic carbocycles. The third-order valence-corrected chi connectivity index (χ3v) is 4.87. The molecule has 130 valence electrons. The van der Waals surface area contributed by atoms with Gasteiger partial charge < -0.3 is 10.6 Å². The van der Waals surface area contributed by atoms with Crippen molar-refractivity contribution in [3.63, 3.8) is 0 Å². The molecule has 2 heterocycles. The Kier molecular flexibility index (Phi) is 4.50. The summed E-state index contributed by atoms with van der Waals surface area (Å²) in [5, 5.41) is 0. The molecule has 0 aliphatic carbocycles. The third kappa shape index (κ3) is 3.24. The maximum atomic E-state index is 13.0. The van der Waals surface area contributed by atoms with Gasteiger partial charge in [-0.15, -0.1) is 0 Å². The number of nitrogens with two attached hydrogens (primary N) is 1. The van der Waals surface area contributed by atoms with Crippen LogP contribution in [-0.4, -0.2) is 22.3 Å². The van der Waals surface area contributed by atoms with Crippen LogP contribution in [0.2, 0.25) is 0 Å². The number of rotatable bonds is 3. The maximum Gasteiger partial charge on any atom is 0.254 e. The first-order valence-electron chi connectivity index (χ1n) is 8.86. The van der Waals surface area contributed by atoms with Gasteiger partial charge in [0.2, 0.25) is 0 Å². The monoisotopic (exact) mass is 343 g/mol. The minimum Gasteiger partial charge on any atom is -0.332 e. The first-order valence-corrected chi connectivity index (χ1v) is 8.86. The molecule has 0 spiro atoms. The molecular formula is C22H21N3O. The number of benzene rings is 2. The van der Waals surface area contributed by atoms with E-state index in [2.05, 4.69) is 17.1 Å². The summed E-state index contributed by atoms with van der Waals surface area (Å²) in [5.74, 6) is 0.0538. The van der Waals surface area contributed by atoms with Gasteiger partial charge in [0.15, 0.2) is 0 Å².